The molecule has 2 aliphatic carbocycles. The minimum absolute atomic E-state index is 0.00889. The average Bonchev–Trinajstić information content (AvgIpc) is 3.49. The van der Waals surface area contributed by atoms with Gasteiger partial charge in [-0.2, -0.15) is 0 Å². The number of aromatic carboxylic acids is 1. The molecule has 2 aliphatic rings. The number of carbonyl (C=O) groups is 2. The smallest absolute Gasteiger partial charge is 0.348 e. The van der Waals surface area contributed by atoms with Gasteiger partial charge in [0.2, 0.25) is 11.1 Å². The van der Waals surface area contributed by atoms with Gasteiger partial charge in [-0.25, -0.2) is 9.48 Å². The van der Waals surface area contributed by atoms with E-state index in [1.165, 1.54) is 4.68 Å². The molecule has 9 nitrogen and oxygen atoms in total. The topological polar surface area (TPSA) is 118 Å². The van der Waals surface area contributed by atoms with Crippen LogP contribution in [-0.4, -0.2) is 52.7 Å². The zero-order valence-corrected chi connectivity index (χ0v) is 24.4. The number of aryl methyl sites for hydroxylation is 1. The van der Waals surface area contributed by atoms with E-state index in [4.69, 9.17) is 0 Å². The summed E-state index contributed by atoms with van der Waals surface area (Å²) in [4.78, 5) is 29.0. The third-order valence-corrected chi connectivity index (χ3v) is 10.2. The molecule has 2 fully saturated rings. The van der Waals surface area contributed by atoms with Crippen molar-refractivity contribution in [2.24, 2.45) is 24.3 Å². The van der Waals surface area contributed by atoms with Gasteiger partial charge in [0.15, 0.2) is 0 Å². The van der Waals surface area contributed by atoms with Crippen LogP contribution in [0.2, 0.25) is 0 Å². The van der Waals surface area contributed by atoms with Gasteiger partial charge in [0.1, 0.15) is 4.88 Å². The maximum atomic E-state index is 14.1. The average molecular weight is 560 g/mol. The van der Waals surface area contributed by atoms with E-state index in [0.717, 1.165) is 37.0 Å². The number of hydrogen-bond donors (Lipinski definition) is 1. The van der Waals surface area contributed by atoms with Gasteiger partial charge >= 0.3 is 5.97 Å². The second-order valence-electron chi connectivity index (χ2n) is 11.6. The van der Waals surface area contributed by atoms with E-state index in [1.807, 2.05) is 20.8 Å². The summed E-state index contributed by atoms with van der Waals surface area (Å²) in [6.07, 6.45) is 6.18. The van der Waals surface area contributed by atoms with Crippen LogP contribution in [0.15, 0.2) is 11.2 Å². The van der Waals surface area contributed by atoms with Crippen LogP contribution in [0.25, 0.3) is 0 Å². The third-order valence-electron chi connectivity index (χ3n) is 7.40. The predicted molar refractivity (Wildman–Crippen MR) is 147 cm³/mol. The Hall–Kier alpha value is -2.58. The first-order valence-corrected chi connectivity index (χ1v) is 15.3. The maximum absolute atomic E-state index is 14.1. The molecule has 0 saturated heterocycles. The molecular weight excluding hydrogens is 522 g/mol. The molecule has 1 atom stereocenters. The maximum Gasteiger partial charge on any atom is 0.348 e. The van der Waals surface area contributed by atoms with E-state index < -0.39 is 16.8 Å². The molecule has 1 unspecified atom stereocenters. The molecule has 0 bridgehead atoms. The summed E-state index contributed by atoms with van der Waals surface area (Å²) in [5, 5.41) is 21.7. The van der Waals surface area contributed by atoms with E-state index in [0.29, 0.717) is 47.3 Å². The first kappa shape index (κ1) is 28.4. The van der Waals surface area contributed by atoms with Gasteiger partial charge in [-0.3, -0.25) is 9.00 Å². The largest absolute Gasteiger partial charge is 0.477 e. The van der Waals surface area contributed by atoms with Crippen LogP contribution in [0.3, 0.4) is 0 Å². The van der Waals surface area contributed by atoms with E-state index >= 15 is 0 Å². The van der Waals surface area contributed by atoms with E-state index in [2.05, 4.69) is 34.3 Å². The highest BCUT2D eigenvalue weighted by Gasteiger charge is 2.39. The zero-order valence-electron chi connectivity index (χ0n) is 22.8. The lowest BCUT2D eigenvalue weighted by molar-refractivity contribution is -0.124. The second kappa shape index (κ2) is 11.7. The lowest BCUT2D eigenvalue weighted by Crippen LogP contribution is -2.47. The van der Waals surface area contributed by atoms with E-state index in [9.17, 15) is 18.9 Å². The van der Waals surface area contributed by atoms with Crippen LogP contribution in [0.4, 0.5) is 5.69 Å². The van der Waals surface area contributed by atoms with Crippen molar-refractivity contribution in [2.45, 2.75) is 95.5 Å². The van der Waals surface area contributed by atoms with Crippen LogP contribution < -0.4 is 4.90 Å². The Morgan fingerprint density at radius 2 is 1.79 bits per heavy atom. The number of hydrogen-bond acceptors (Lipinski definition) is 7. The number of anilines is 1. The summed E-state index contributed by atoms with van der Waals surface area (Å²) in [5.41, 5.74) is 0.222. The SMILES string of the molecule is CC1CCC(C(=O)N(c2cc(C#CC(C)(C)C)sc2C(=O)O)C2CCC(S(=O)c3nnnn3C)CC2)CC1. The fourth-order valence-electron chi connectivity index (χ4n) is 5.28. The van der Waals surface area contributed by atoms with Crippen LogP contribution in [0.1, 0.15) is 93.6 Å². The molecule has 2 aromatic rings. The number of amides is 1. The Morgan fingerprint density at radius 1 is 1.13 bits per heavy atom. The number of thiophene rings is 1. The normalized spacial score (nSPS) is 24.8. The summed E-state index contributed by atoms with van der Waals surface area (Å²) in [7, 11) is 0.327. The molecule has 2 heterocycles. The minimum atomic E-state index is -1.35. The van der Waals surface area contributed by atoms with Crippen molar-refractivity contribution in [3.63, 3.8) is 0 Å². The van der Waals surface area contributed by atoms with Crippen molar-refractivity contribution in [1.29, 1.82) is 0 Å². The van der Waals surface area contributed by atoms with Gasteiger partial charge in [0.25, 0.3) is 0 Å². The molecule has 0 aliphatic heterocycles. The molecule has 2 aromatic heterocycles. The Balaban J connectivity index is 1.64. The Morgan fingerprint density at radius 3 is 2.34 bits per heavy atom. The summed E-state index contributed by atoms with van der Waals surface area (Å²) in [5.74, 6) is 5.76. The Labute approximate surface area is 230 Å². The molecule has 2 saturated carbocycles. The molecule has 0 radical (unpaired) electrons. The summed E-state index contributed by atoms with van der Waals surface area (Å²) in [6.45, 7) is 8.23. The monoisotopic (exact) mass is 559 g/mol. The number of nitrogens with zero attached hydrogens (tertiary/aromatic N) is 5. The summed E-state index contributed by atoms with van der Waals surface area (Å²) >= 11 is 1.13. The van der Waals surface area contributed by atoms with Crippen molar-refractivity contribution >= 4 is 39.7 Å². The molecule has 0 spiro atoms. The molecule has 11 heteroatoms. The Bertz CT molecular complexity index is 1250. The summed E-state index contributed by atoms with van der Waals surface area (Å²) < 4.78 is 14.6. The number of carboxylic acids is 1. The lowest BCUT2D eigenvalue weighted by atomic mass is 9.81. The van der Waals surface area contributed by atoms with Crippen LogP contribution >= 0.6 is 11.3 Å². The number of aromatic nitrogens is 4. The molecule has 206 valence electrons. The quantitative estimate of drug-likeness (QED) is 0.512. The van der Waals surface area contributed by atoms with Crippen molar-refractivity contribution in [1.82, 2.24) is 20.2 Å². The predicted octanol–water partition coefficient (Wildman–Crippen LogP) is 4.65. The fraction of sp³-hybridized carbons (Fsp3) is 0.667. The summed E-state index contributed by atoms with van der Waals surface area (Å²) in [6, 6.07) is 1.62. The van der Waals surface area contributed by atoms with Gasteiger partial charge < -0.3 is 10.0 Å². The third kappa shape index (κ3) is 6.52. The first-order chi connectivity index (χ1) is 17.9. The zero-order chi connectivity index (χ0) is 27.6. The van der Waals surface area contributed by atoms with E-state index in [-0.39, 0.29) is 33.4 Å². The molecule has 1 amide bonds. The number of tetrazole rings is 1. The van der Waals surface area contributed by atoms with Crippen LogP contribution in [0.5, 0.6) is 0 Å². The van der Waals surface area contributed by atoms with Crippen molar-refractivity contribution < 1.29 is 18.9 Å². The van der Waals surface area contributed by atoms with Crippen molar-refractivity contribution in [3.8, 4) is 11.8 Å². The number of rotatable bonds is 6. The fourth-order valence-corrected chi connectivity index (χ4v) is 7.54. The second-order valence-corrected chi connectivity index (χ2v) is 14.3. The molecule has 4 rings (SSSR count). The van der Waals surface area contributed by atoms with Crippen molar-refractivity contribution in [3.05, 3.63) is 15.8 Å². The van der Waals surface area contributed by atoms with Gasteiger partial charge in [-0.15, -0.1) is 11.3 Å². The standard InChI is InChI=1S/C27H37N5O4S2/c1-17-6-8-18(9-7-17)24(33)32(22-16-20(14-15-27(2,3)4)37-23(22)25(34)35)19-10-12-21(13-11-19)38(36)26-28-29-30-31(26)5/h16-19,21H,6-13H2,1-5H3,(H,34,35). The van der Waals surface area contributed by atoms with Gasteiger partial charge in [-0.05, 0) is 94.5 Å². The molecule has 38 heavy (non-hydrogen) atoms. The highest BCUT2D eigenvalue weighted by atomic mass is 32.2. The molecule has 0 aromatic carbocycles. The van der Waals surface area contributed by atoms with Crippen molar-refractivity contribution in [2.75, 3.05) is 4.90 Å². The van der Waals surface area contributed by atoms with Gasteiger partial charge in [0, 0.05) is 29.7 Å². The number of carboxylic acid groups (broad SMARTS) is 1. The van der Waals surface area contributed by atoms with Crippen LogP contribution in [0, 0.1) is 29.1 Å². The minimum Gasteiger partial charge on any atom is -0.477 e. The Kier molecular flexibility index (Phi) is 8.72. The van der Waals surface area contributed by atoms with Crippen LogP contribution in [-0.2, 0) is 22.6 Å². The van der Waals surface area contributed by atoms with E-state index in [1.54, 1.807) is 18.0 Å². The lowest BCUT2D eigenvalue weighted by Gasteiger charge is -2.39. The molecule has 1 N–H and O–H groups in total. The van der Waals surface area contributed by atoms with Gasteiger partial charge in [0.05, 0.1) is 21.4 Å². The molecular formula is C27H37N5O4S2. The first-order valence-electron chi connectivity index (χ1n) is 13.3. The van der Waals surface area contributed by atoms with Gasteiger partial charge in [-0.1, -0.05) is 23.9 Å². The highest BCUT2D eigenvalue weighted by molar-refractivity contribution is 7.85. The highest BCUT2D eigenvalue weighted by Crippen LogP contribution is 2.39. The number of carbonyl (C=O) groups excluding carboxylic acids is 1.